The van der Waals surface area contributed by atoms with Crippen molar-refractivity contribution >= 4 is 40.6 Å². The lowest BCUT2D eigenvalue weighted by molar-refractivity contribution is 0.0779. The van der Waals surface area contributed by atoms with Crippen LogP contribution in [-0.2, 0) is 4.74 Å². The normalized spacial score (nSPS) is 29.3. The van der Waals surface area contributed by atoms with E-state index in [1.807, 2.05) is 4.90 Å². The average molecular weight is 325 g/mol. The second-order valence-electron chi connectivity index (χ2n) is 4.87. The summed E-state index contributed by atoms with van der Waals surface area (Å²) >= 11 is 18.0. The van der Waals surface area contributed by atoms with Crippen LogP contribution in [0.25, 0.3) is 0 Å². The van der Waals surface area contributed by atoms with Gasteiger partial charge in [-0.3, -0.25) is 0 Å². The van der Waals surface area contributed by atoms with Crippen LogP contribution in [0, 0.1) is 0 Å². The minimum atomic E-state index is -0.274. The van der Waals surface area contributed by atoms with E-state index in [9.17, 15) is 5.11 Å². The van der Waals surface area contributed by atoms with E-state index in [0.717, 1.165) is 6.42 Å². The van der Waals surface area contributed by atoms with E-state index < -0.39 is 0 Å². The molecule has 0 unspecified atom stereocenters. The number of rotatable bonds is 3. The third kappa shape index (κ3) is 2.17. The van der Waals surface area contributed by atoms with Gasteiger partial charge in [0.1, 0.15) is 5.02 Å². The summed E-state index contributed by atoms with van der Waals surface area (Å²) in [6, 6.07) is 0. The van der Waals surface area contributed by atoms with Crippen LogP contribution in [0.1, 0.15) is 12.8 Å². The zero-order valence-corrected chi connectivity index (χ0v) is 12.2. The second kappa shape index (κ2) is 4.90. The summed E-state index contributed by atoms with van der Waals surface area (Å²) in [5, 5.41) is 9.77. The van der Waals surface area contributed by atoms with Crippen LogP contribution >= 0.6 is 34.8 Å². The lowest BCUT2D eigenvalue weighted by Crippen LogP contribution is -2.50. The van der Waals surface area contributed by atoms with E-state index in [-0.39, 0.29) is 33.7 Å². The molecule has 104 valence electrons. The Labute approximate surface area is 125 Å². The van der Waals surface area contributed by atoms with Crippen molar-refractivity contribution < 1.29 is 9.84 Å². The lowest BCUT2D eigenvalue weighted by atomic mass is 9.95. The summed E-state index contributed by atoms with van der Waals surface area (Å²) in [7, 11) is 0. The van der Waals surface area contributed by atoms with Gasteiger partial charge in [-0.1, -0.05) is 23.2 Å². The fourth-order valence-electron chi connectivity index (χ4n) is 2.91. The maximum Gasteiger partial charge on any atom is 0.225 e. The maximum atomic E-state index is 9.28. The minimum absolute atomic E-state index is 0.0623. The molecule has 1 N–H and O–H groups in total. The summed E-state index contributed by atoms with van der Waals surface area (Å²) in [5.41, 5.74) is -0.274. The molecule has 2 saturated heterocycles. The van der Waals surface area contributed by atoms with Crippen LogP contribution in [0.4, 0.5) is 5.82 Å². The first kappa shape index (κ1) is 13.6. The van der Waals surface area contributed by atoms with Crippen LogP contribution in [0.3, 0.4) is 0 Å². The van der Waals surface area contributed by atoms with Gasteiger partial charge in [-0.05, 0) is 18.0 Å². The predicted molar refractivity (Wildman–Crippen MR) is 73.2 cm³/mol. The Morgan fingerprint density at radius 3 is 2.84 bits per heavy atom. The summed E-state index contributed by atoms with van der Waals surface area (Å²) in [4.78, 5) is 10.0. The number of aliphatic hydroxyl groups excluding tert-OH is 1. The molecule has 2 aliphatic rings. The van der Waals surface area contributed by atoms with Crippen molar-refractivity contribution in [2.24, 2.45) is 0 Å². The molecule has 1 aromatic heterocycles. The molecule has 2 fully saturated rings. The van der Waals surface area contributed by atoms with Crippen molar-refractivity contribution in [2.45, 2.75) is 24.5 Å². The first-order chi connectivity index (χ1) is 9.05. The van der Waals surface area contributed by atoms with Crippen molar-refractivity contribution in [3.63, 3.8) is 0 Å². The number of ether oxygens (including phenoxy) is 1. The molecule has 5 nitrogen and oxygen atoms in total. The average Bonchev–Trinajstić information content (AvgIpc) is 2.91. The van der Waals surface area contributed by atoms with E-state index in [2.05, 4.69) is 9.97 Å². The highest BCUT2D eigenvalue weighted by molar-refractivity contribution is 6.43. The molecule has 1 aromatic rings. The SMILES string of the molecule is OCC[C@]12CO[C@H](CN1c1nc(Cl)nc(Cl)c1Cl)C2. The molecule has 8 heteroatoms. The van der Waals surface area contributed by atoms with Gasteiger partial charge in [-0.15, -0.1) is 0 Å². The van der Waals surface area contributed by atoms with Crippen molar-refractivity contribution in [1.82, 2.24) is 9.97 Å². The van der Waals surface area contributed by atoms with Gasteiger partial charge >= 0.3 is 0 Å². The third-order valence-electron chi connectivity index (χ3n) is 3.75. The number of hydrogen-bond donors (Lipinski definition) is 1. The molecule has 0 saturated carbocycles. The second-order valence-corrected chi connectivity index (χ2v) is 5.94. The Kier molecular flexibility index (Phi) is 3.52. The number of halogens is 3. The molecule has 2 atom stereocenters. The molecular formula is C11H12Cl3N3O2. The van der Waals surface area contributed by atoms with Gasteiger partial charge in [0.25, 0.3) is 0 Å². The number of anilines is 1. The van der Waals surface area contributed by atoms with Crippen molar-refractivity contribution in [2.75, 3.05) is 24.7 Å². The van der Waals surface area contributed by atoms with E-state index in [1.54, 1.807) is 0 Å². The predicted octanol–water partition coefficient (Wildman–Crippen LogP) is 2.17. The lowest BCUT2D eigenvalue weighted by Gasteiger charge is -2.39. The monoisotopic (exact) mass is 323 g/mol. The fraction of sp³-hybridized carbons (Fsp3) is 0.636. The standard InChI is InChI=1S/C11H12Cl3N3O2/c12-7-8(13)15-10(14)16-9(7)17-4-6-3-11(17,1-2-18)5-19-6/h6,18H,1-5H2/t6-,11-/m0/s1. The minimum Gasteiger partial charge on any atom is -0.396 e. The maximum absolute atomic E-state index is 9.28. The van der Waals surface area contributed by atoms with Gasteiger partial charge in [-0.25, -0.2) is 4.98 Å². The molecule has 2 bridgehead atoms. The number of hydrogen-bond acceptors (Lipinski definition) is 5. The van der Waals surface area contributed by atoms with Crippen LogP contribution in [0.2, 0.25) is 15.5 Å². The Bertz CT molecular complexity index is 516. The van der Waals surface area contributed by atoms with Crippen molar-refractivity contribution in [1.29, 1.82) is 0 Å². The molecule has 2 aliphatic heterocycles. The Morgan fingerprint density at radius 1 is 1.37 bits per heavy atom. The van der Waals surface area contributed by atoms with Crippen LogP contribution in [-0.4, -0.2) is 46.5 Å². The highest BCUT2D eigenvalue weighted by Crippen LogP contribution is 2.45. The molecule has 0 radical (unpaired) electrons. The molecule has 3 heterocycles. The number of morpholine rings is 1. The Morgan fingerprint density at radius 2 is 2.16 bits per heavy atom. The highest BCUT2D eigenvalue weighted by Gasteiger charge is 2.52. The molecule has 0 aliphatic carbocycles. The zero-order chi connectivity index (χ0) is 13.6. The molecule has 0 spiro atoms. The number of nitrogens with zero attached hydrogens (tertiary/aromatic N) is 3. The van der Waals surface area contributed by atoms with Crippen LogP contribution < -0.4 is 4.90 Å². The smallest absolute Gasteiger partial charge is 0.225 e. The molecular weight excluding hydrogens is 312 g/mol. The highest BCUT2D eigenvalue weighted by atomic mass is 35.5. The quantitative estimate of drug-likeness (QED) is 0.682. The summed E-state index contributed by atoms with van der Waals surface area (Å²) in [6.07, 6.45) is 1.58. The van der Waals surface area contributed by atoms with Gasteiger partial charge in [0, 0.05) is 19.6 Å². The van der Waals surface area contributed by atoms with Crippen molar-refractivity contribution in [3.05, 3.63) is 15.5 Å². The van der Waals surface area contributed by atoms with Crippen LogP contribution in [0.15, 0.2) is 0 Å². The summed E-state index contributed by atoms with van der Waals surface area (Å²) in [6.45, 7) is 1.30. The van der Waals surface area contributed by atoms with E-state index in [0.29, 0.717) is 25.4 Å². The third-order valence-corrected chi connectivity index (χ3v) is 4.64. The molecule has 0 amide bonds. The Balaban J connectivity index is 2.02. The van der Waals surface area contributed by atoms with E-state index in [1.165, 1.54) is 0 Å². The van der Waals surface area contributed by atoms with Gasteiger partial charge < -0.3 is 14.7 Å². The summed E-state index contributed by atoms with van der Waals surface area (Å²) < 4.78 is 5.65. The van der Waals surface area contributed by atoms with Gasteiger partial charge in [0.05, 0.1) is 18.2 Å². The topological polar surface area (TPSA) is 58.5 Å². The molecule has 3 rings (SSSR count). The fourth-order valence-corrected chi connectivity index (χ4v) is 3.47. The van der Waals surface area contributed by atoms with Gasteiger partial charge in [0.15, 0.2) is 11.0 Å². The first-order valence-corrected chi connectivity index (χ1v) is 7.08. The van der Waals surface area contributed by atoms with Crippen molar-refractivity contribution in [3.8, 4) is 0 Å². The number of aliphatic hydroxyl groups is 1. The number of aromatic nitrogens is 2. The molecule has 19 heavy (non-hydrogen) atoms. The zero-order valence-electron chi connectivity index (χ0n) is 9.94. The van der Waals surface area contributed by atoms with E-state index in [4.69, 9.17) is 39.5 Å². The van der Waals surface area contributed by atoms with E-state index >= 15 is 0 Å². The number of fused-ring (bicyclic) bond motifs is 2. The van der Waals surface area contributed by atoms with Crippen LogP contribution in [0.5, 0.6) is 0 Å². The first-order valence-electron chi connectivity index (χ1n) is 5.94. The summed E-state index contributed by atoms with van der Waals surface area (Å²) in [5.74, 6) is 0.519. The van der Waals surface area contributed by atoms with Gasteiger partial charge in [0.2, 0.25) is 5.28 Å². The largest absolute Gasteiger partial charge is 0.396 e. The Hall–Kier alpha value is -0.330. The molecule has 0 aromatic carbocycles. The van der Waals surface area contributed by atoms with Gasteiger partial charge in [-0.2, -0.15) is 4.98 Å².